The number of hydrogen-bond acceptors (Lipinski definition) is 3. The van der Waals surface area contributed by atoms with E-state index in [9.17, 15) is 14.9 Å². The van der Waals surface area contributed by atoms with Crippen LogP contribution in [0.5, 0.6) is 0 Å². The molecule has 0 heterocycles. The van der Waals surface area contributed by atoms with E-state index >= 15 is 0 Å². The van der Waals surface area contributed by atoms with Gasteiger partial charge in [-0.05, 0) is 40.8 Å². The predicted octanol–water partition coefficient (Wildman–Crippen LogP) is 4.06. The molecule has 2 unspecified atom stereocenters. The normalized spacial score (nSPS) is 22.4. The lowest BCUT2D eigenvalue weighted by molar-refractivity contribution is -0.385. The topological polar surface area (TPSA) is 72.2 Å². The van der Waals surface area contributed by atoms with Crippen molar-refractivity contribution in [2.24, 2.45) is 5.92 Å². The first-order valence-electron chi connectivity index (χ1n) is 7.24. The Bertz CT molecular complexity index is 548. The number of hydrogen-bond donors (Lipinski definition) is 1. The molecule has 0 radical (unpaired) electrons. The highest BCUT2D eigenvalue weighted by Gasteiger charge is 2.25. The Kier molecular flexibility index (Phi) is 5.33. The number of nitrogens with one attached hydrogen (secondary N) is 1. The number of nitro groups is 1. The van der Waals surface area contributed by atoms with Crippen LogP contribution >= 0.6 is 15.9 Å². The van der Waals surface area contributed by atoms with Gasteiger partial charge in [0.2, 0.25) is 0 Å². The van der Waals surface area contributed by atoms with Crippen LogP contribution in [0.2, 0.25) is 0 Å². The molecule has 1 aromatic rings. The monoisotopic (exact) mass is 354 g/mol. The smallest absolute Gasteiger partial charge is 0.284 e. The van der Waals surface area contributed by atoms with Crippen molar-refractivity contribution in [3.8, 4) is 0 Å². The van der Waals surface area contributed by atoms with Crippen LogP contribution in [0.4, 0.5) is 5.69 Å². The van der Waals surface area contributed by atoms with Crippen LogP contribution in [0.1, 0.15) is 49.4 Å². The van der Waals surface area contributed by atoms with Gasteiger partial charge in [0.1, 0.15) is 4.47 Å². The molecule has 0 saturated heterocycles. The van der Waals surface area contributed by atoms with Gasteiger partial charge >= 0.3 is 0 Å². The van der Waals surface area contributed by atoms with Crippen LogP contribution in [0.3, 0.4) is 0 Å². The summed E-state index contributed by atoms with van der Waals surface area (Å²) in [7, 11) is 0. The standard InChI is InChI=1S/C15H19BrN2O3/c1-10-6-3-2-4-8-12(10)17-15(19)11-7-5-9-13(14(11)16)18(20)21/h5,7,9-10,12H,2-4,6,8H2,1H3,(H,17,19). The largest absolute Gasteiger partial charge is 0.349 e. The summed E-state index contributed by atoms with van der Waals surface area (Å²) in [6.07, 6.45) is 5.61. The Morgan fingerprint density at radius 2 is 2.05 bits per heavy atom. The molecular formula is C15H19BrN2O3. The zero-order valence-corrected chi connectivity index (χ0v) is 13.6. The Morgan fingerprint density at radius 1 is 1.33 bits per heavy atom. The lowest BCUT2D eigenvalue weighted by atomic mass is 9.96. The highest BCUT2D eigenvalue weighted by molar-refractivity contribution is 9.10. The number of benzene rings is 1. The first-order valence-corrected chi connectivity index (χ1v) is 8.03. The predicted molar refractivity (Wildman–Crippen MR) is 84.3 cm³/mol. The van der Waals surface area contributed by atoms with E-state index in [4.69, 9.17) is 0 Å². The number of carbonyl (C=O) groups excluding carboxylic acids is 1. The fourth-order valence-electron chi connectivity index (χ4n) is 2.79. The molecule has 0 aliphatic heterocycles. The molecule has 5 nitrogen and oxygen atoms in total. The Balaban J connectivity index is 2.16. The third-order valence-electron chi connectivity index (χ3n) is 4.10. The van der Waals surface area contributed by atoms with Crippen molar-refractivity contribution in [2.45, 2.75) is 45.1 Å². The minimum atomic E-state index is -0.491. The minimum Gasteiger partial charge on any atom is -0.349 e. The van der Waals surface area contributed by atoms with Gasteiger partial charge in [-0.2, -0.15) is 0 Å². The van der Waals surface area contributed by atoms with Gasteiger partial charge < -0.3 is 5.32 Å². The van der Waals surface area contributed by atoms with Crippen molar-refractivity contribution in [3.63, 3.8) is 0 Å². The SMILES string of the molecule is CC1CCCCCC1NC(=O)c1cccc([N+](=O)[O-])c1Br. The van der Waals surface area contributed by atoms with E-state index in [0.717, 1.165) is 19.3 Å². The third-order valence-corrected chi connectivity index (χ3v) is 4.93. The maximum atomic E-state index is 12.4. The van der Waals surface area contributed by atoms with Gasteiger partial charge in [-0.25, -0.2) is 0 Å². The van der Waals surface area contributed by atoms with Crippen LogP contribution in [-0.2, 0) is 0 Å². The molecule has 1 amide bonds. The molecule has 1 aliphatic carbocycles. The maximum absolute atomic E-state index is 12.4. The molecule has 2 rings (SSSR count). The van der Waals surface area contributed by atoms with E-state index < -0.39 is 4.92 Å². The van der Waals surface area contributed by atoms with Crippen molar-refractivity contribution < 1.29 is 9.72 Å². The van der Waals surface area contributed by atoms with Crippen LogP contribution in [0.25, 0.3) is 0 Å². The summed E-state index contributed by atoms with van der Waals surface area (Å²) in [4.78, 5) is 22.8. The van der Waals surface area contributed by atoms with Gasteiger partial charge in [-0.15, -0.1) is 0 Å². The number of carbonyl (C=O) groups is 1. The average molecular weight is 355 g/mol. The lowest BCUT2D eigenvalue weighted by Crippen LogP contribution is -2.39. The van der Waals surface area contributed by atoms with Crippen molar-refractivity contribution in [3.05, 3.63) is 38.3 Å². The molecule has 1 aliphatic rings. The van der Waals surface area contributed by atoms with Gasteiger partial charge in [0.15, 0.2) is 0 Å². The second-order valence-electron chi connectivity index (χ2n) is 5.59. The second-order valence-corrected chi connectivity index (χ2v) is 6.38. The number of nitrogens with zero attached hydrogens (tertiary/aromatic N) is 1. The van der Waals surface area contributed by atoms with Crippen molar-refractivity contribution in [1.82, 2.24) is 5.32 Å². The summed E-state index contributed by atoms with van der Waals surface area (Å²) in [5, 5.41) is 14.0. The zero-order valence-electron chi connectivity index (χ0n) is 12.0. The summed E-state index contributed by atoms with van der Waals surface area (Å²) in [6, 6.07) is 4.67. The summed E-state index contributed by atoms with van der Waals surface area (Å²) in [5.74, 6) is 0.193. The van der Waals surface area contributed by atoms with Crippen molar-refractivity contribution in [2.75, 3.05) is 0 Å². The molecule has 1 N–H and O–H groups in total. The van der Waals surface area contributed by atoms with E-state index in [2.05, 4.69) is 28.2 Å². The van der Waals surface area contributed by atoms with E-state index in [0.29, 0.717) is 11.5 Å². The van der Waals surface area contributed by atoms with Crippen LogP contribution in [0, 0.1) is 16.0 Å². The minimum absolute atomic E-state index is 0.0865. The first-order chi connectivity index (χ1) is 10.0. The molecule has 1 fully saturated rings. The van der Waals surface area contributed by atoms with Crippen LogP contribution < -0.4 is 5.32 Å². The molecule has 0 bridgehead atoms. The van der Waals surface area contributed by atoms with Crippen molar-refractivity contribution in [1.29, 1.82) is 0 Å². The van der Waals surface area contributed by atoms with Crippen molar-refractivity contribution >= 4 is 27.5 Å². The van der Waals surface area contributed by atoms with E-state index in [1.165, 1.54) is 25.0 Å². The quantitative estimate of drug-likeness (QED) is 0.505. The van der Waals surface area contributed by atoms with Gasteiger partial charge in [0.25, 0.3) is 11.6 Å². The summed E-state index contributed by atoms with van der Waals surface area (Å²) in [6.45, 7) is 2.15. The summed E-state index contributed by atoms with van der Waals surface area (Å²) < 4.78 is 0.244. The molecule has 21 heavy (non-hydrogen) atoms. The Morgan fingerprint density at radius 3 is 2.76 bits per heavy atom. The lowest BCUT2D eigenvalue weighted by Gasteiger charge is -2.23. The van der Waals surface area contributed by atoms with Gasteiger partial charge in [-0.1, -0.05) is 32.3 Å². The first kappa shape index (κ1) is 15.9. The number of halogens is 1. The van der Waals surface area contributed by atoms with E-state index in [1.54, 1.807) is 6.07 Å². The number of nitro benzene ring substituents is 1. The number of rotatable bonds is 3. The molecule has 0 spiro atoms. The molecule has 6 heteroatoms. The van der Waals surface area contributed by atoms with Gasteiger partial charge in [0.05, 0.1) is 10.5 Å². The maximum Gasteiger partial charge on any atom is 0.284 e. The highest BCUT2D eigenvalue weighted by Crippen LogP contribution is 2.29. The molecule has 114 valence electrons. The van der Waals surface area contributed by atoms with E-state index in [-0.39, 0.29) is 22.1 Å². The summed E-state index contributed by atoms with van der Waals surface area (Å²) >= 11 is 3.18. The van der Waals surface area contributed by atoms with Crippen LogP contribution in [0.15, 0.2) is 22.7 Å². The van der Waals surface area contributed by atoms with Gasteiger partial charge in [0, 0.05) is 12.1 Å². The average Bonchev–Trinajstić information content (AvgIpc) is 2.64. The van der Waals surface area contributed by atoms with Crippen LogP contribution in [-0.4, -0.2) is 16.9 Å². The van der Waals surface area contributed by atoms with E-state index in [1.807, 2.05) is 0 Å². The Labute approximate surface area is 132 Å². The molecule has 2 atom stereocenters. The van der Waals surface area contributed by atoms with Gasteiger partial charge in [-0.3, -0.25) is 14.9 Å². The molecule has 1 aromatic carbocycles. The molecule has 0 aromatic heterocycles. The summed E-state index contributed by atoms with van der Waals surface area (Å²) in [5.41, 5.74) is 0.234. The number of amides is 1. The second kappa shape index (κ2) is 7.02. The fraction of sp³-hybridized carbons (Fsp3) is 0.533. The molecular weight excluding hydrogens is 336 g/mol. The zero-order chi connectivity index (χ0) is 15.4. The third kappa shape index (κ3) is 3.81. The fourth-order valence-corrected chi connectivity index (χ4v) is 3.38. The molecule has 1 saturated carbocycles. The highest BCUT2D eigenvalue weighted by atomic mass is 79.9. The Hall–Kier alpha value is -1.43.